The Morgan fingerprint density at radius 2 is 1.75 bits per heavy atom. The molecule has 0 amide bonds. The van der Waals surface area contributed by atoms with Gasteiger partial charge >= 0.3 is 13.8 Å². The van der Waals surface area contributed by atoms with Crippen molar-refractivity contribution in [3.8, 4) is 0 Å². The fraction of sp³-hybridized carbons (Fsp3) is 0.417. The van der Waals surface area contributed by atoms with E-state index in [1.165, 1.54) is 18.2 Å². The summed E-state index contributed by atoms with van der Waals surface area (Å²) in [5.74, 6) is -1.19. The fourth-order valence-corrected chi connectivity index (χ4v) is 2.17. The van der Waals surface area contributed by atoms with Crippen molar-refractivity contribution >= 4 is 19.5 Å². The smallest absolute Gasteiger partial charge is 0.466 e. The number of benzene rings is 1. The van der Waals surface area contributed by atoms with Gasteiger partial charge in [-0.1, -0.05) is 12.1 Å². The Morgan fingerprint density at radius 3 is 2.17 bits per heavy atom. The van der Waals surface area contributed by atoms with Gasteiger partial charge in [0.1, 0.15) is 24.4 Å². The SMILES string of the molecule is Nc1c(C(=O)O)cccc1C1O[C@H](CO)[C@@H](O)[C@H]1O.O=P(O)(O)O. The van der Waals surface area contributed by atoms with E-state index in [1.54, 1.807) is 0 Å². The molecule has 1 aliphatic heterocycles. The number of phosphoric acid groups is 1. The number of carboxylic acids is 1. The number of para-hydroxylation sites is 1. The van der Waals surface area contributed by atoms with Crippen molar-refractivity contribution in [3.63, 3.8) is 0 Å². The van der Waals surface area contributed by atoms with E-state index >= 15 is 0 Å². The highest BCUT2D eigenvalue weighted by Gasteiger charge is 2.43. The Labute approximate surface area is 135 Å². The summed E-state index contributed by atoms with van der Waals surface area (Å²) in [5, 5.41) is 37.5. The lowest BCUT2D eigenvalue weighted by molar-refractivity contribution is -0.0225. The van der Waals surface area contributed by atoms with E-state index in [0.717, 1.165) is 0 Å². The number of aliphatic hydroxyl groups is 3. The van der Waals surface area contributed by atoms with Crippen LogP contribution in [0.25, 0.3) is 0 Å². The molecule has 9 N–H and O–H groups in total. The molecule has 1 heterocycles. The van der Waals surface area contributed by atoms with Crippen LogP contribution in [0.1, 0.15) is 22.0 Å². The van der Waals surface area contributed by atoms with Crippen molar-refractivity contribution in [1.29, 1.82) is 0 Å². The summed E-state index contributed by atoms with van der Waals surface area (Å²) < 4.78 is 14.2. The lowest BCUT2D eigenvalue weighted by Crippen LogP contribution is -2.32. The number of ether oxygens (including phenoxy) is 1. The van der Waals surface area contributed by atoms with Crippen LogP contribution >= 0.6 is 7.82 Å². The lowest BCUT2D eigenvalue weighted by Gasteiger charge is -2.18. The van der Waals surface area contributed by atoms with Gasteiger partial charge in [-0.3, -0.25) is 0 Å². The number of nitrogen functional groups attached to an aromatic ring is 1. The second-order valence-corrected chi connectivity index (χ2v) is 5.91. The summed E-state index contributed by atoms with van der Waals surface area (Å²) in [7, 11) is -4.64. The molecule has 0 bridgehead atoms. The number of rotatable bonds is 3. The quantitative estimate of drug-likeness (QED) is 0.220. The molecule has 1 aromatic carbocycles. The Bertz CT molecular complexity index is 624. The Morgan fingerprint density at radius 1 is 1.21 bits per heavy atom. The van der Waals surface area contributed by atoms with E-state index in [4.69, 9.17) is 39.9 Å². The summed E-state index contributed by atoms with van der Waals surface area (Å²) in [5.41, 5.74) is 5.90. The molecule has 12 heteroatoms. The van der Waals surface area contributed by atoms with Crippen LogP contribution in [-0.4, -0.2) is 66.0 Å². The van der Waals surface area contributed by atoms with Crippen molar-refractivity contribution in [2.45, 2.75) is 24.4 Å². The molecule has 0 saturated carbocycles. The van der Waals surface area contributed by atoms with Crippen LogP contribution in [0.3, 0.4) is 0 Å². The van der Waals surface area contributed by atoms with E-state index in [9.17, 15) is 15.0 Å². The predicted octanol–water partition coefficient (Wildman–Crippen LogP) is -1.81. The van der Waals surface area contributed by atoms with E-state index in [0.29, 0.717) is 0 Å². The third kappa shape index (κ3) is 5.23. The van der Waals surface area contributed by atoms with Crippen molar-refractivity contribution < 1.29 is 49.2 Å². The standard InChI is InChI=1S/C12H15NO6.H3O4P/c13-8-5(2-1-3-6(8)12(17)18)11-10(16)9(15)7(4-14)19-11;1-5(2,3)4/h1-3,7,9-11,14-16H,4,13H2,(H,17,18);(H3,1,2,3,4)/t7-,9-,10-,11?;/m1./s1. The molecular formula is C12H18NO10P. The van der Waals surface area contributed by atoms with Crippen LogP contribution in [0.2, 0.25) is 0 Å². The number of nitrogens with two attached hydrogens (primary N) is 1. The van der Waals surface area contributed by atoms with Crippen LogP contribution in [-0.2, 0) is 9.30 Å². The van der Waals surface area contributed by atoms with E-state index < -0.39 is 44.8 Å². The molecule has 1 aromatic rings. The number of hydrogen-bond acceptors (Lipinski definition) is 7. The van der Waals surface area contributed by atoms with E-state index in [2.05, 4.69) is 0 Å². The predicted molar refractivity (Wildman–Crippen MR) is 78.8 cm³/mol. The minimum Gasteiger partial charge on any atom is -0.478 e. The molecule has 136 valence electrons. The zero-order valence-electron chi connectivity index (χ0n) is 12.1. The molecule has 1 aliphatic rings. The number of carboxylic acid groups (broad SMARTS) is 1. The van der Waals surface area contributed by atoms with Gasteiger partial charge in [0.05, 0.1) is 17.9 Å². The minimum atomic E-state index is -4.64. The van der Waals surface area contributed by atoms with Gasteiger partial charge in [0, 0.05) is 5.56 Å². The van der Waals surface area contributed by atoms with Gasteiger partial charge in [0.2, 0.25) is 0 Å². The highest BCUT2D eigenvalue weighted by Crippen LogP contribution is 2.37. The molecule has 0 radical (unpaired) electrons. The van der Waals surface area contributed by atoms with Crippen molar-refractivity contribution in [1.82, 2.24) is 0 Å². The van der Waals surface area contributed by atoms with Gasteiger partial charge < -0.3 is 45.6 Å². The highest BCUT2D eigenvalue weighted by atomic mass is 31.2. The first-order valence-electron chi connectivity index (χ1n) is 6.49. The van der Waals surface area contributed by atoms with Gasteiger partial charge in [-0.05, 0) is 6.07 Å². The second kappa shape index (κ2) is 8.01. The van der Waals surface area contributed by atoms with Crippen LogP contribution < -0.4 is 5.73 Å². The molecule has 0 aromatic heterocycles. The summed E-state index contributed by atoms with van der Waals surface area (Å²) in [6.07, 6.45) is -4.41. The fourth-order valence-electron chi connectivity index (χ4n) is 2.17. The van der Waals surface area contributed by atoms with Gasteiger partial charge in [-0.25, -0.2) is 9.36 Å². The average Bonchev–Trinajstić information content (AvgIpc) is 2.73. The van der Waals surface area contributed by atoms with Crippen LogP contribution in [0.15, 0.2) is 18.2 Å². The third-order valence-corrected chi connectivity index (χ3v) is 3.22. The largest absolute Gasteiger partial charge is 0.478 e. The first kappa shape index (κ1) is 20.5. The number of aromatic carboxylic acids is 1. The molecule has 11 nitrogen and oxygen atoms in total. The second-order valence-electron chi connectivity index (χ2n) is 4.89. The van der Waals surface area contributed by atoms with Crippen LogP contribution in [0.4, 0.5) is 5.69 Å². The molecule has 2 rings (SSSR count). The summed E-state index contributed by atoms with van der Waals surface area (Å²) in [6, 6.07) is 4.33. The zero-order chi connectivity index (χ0) is 18.7. The monoisotopic (exact) mass is 367 g/mol. The maximum absolute atomic E-state index is 11.0. The molecule has 1 fully saturated rings. The maximum atomic E-state index is 11.0. The lowest BCUT2D eigenvalue weighted by atomic mass is 9.98. The average molecular weight is 367 g/mol. The Hall–Kier alpha value is -1.56. The summed E-state index contributed by atoms with van der Waals surface area (Å²) in [6.45, 7) is -0.451. The van der Waals surface area contributed by atoms with Gasteiger partial charge in [0.15, 0.2) is 0 Å². The van der Waals surface area contributed by atoms with Gasteiger partial charge in [-0.15, -0.1) is 0 Å². The molecule has 0 aliphatic carbocycles. The molecule has 24 heavy (non-hydrogen) atoms. The first-order valence-corrected chi connectivity index (χ1v) is 8.06. The third-order valence-electron chi connectivity index (χ3n) is 3.22. The van der Waals surface area contributed by atoms with Crippen molar-refractivity contribution in [3.05, 3.63) is 29.3 Å². The molecule has 1 saturated heterocycles. The van der Waals surface area contributed by atoms with Gasteiger partial charge in [0.25, 0.3) is 0 Å². The summed E-state index contributed by atoms with van der Waals surface area (Å²) >= 11 is 0. The number of anilines is 1. The maximum Gasteiger partial charge on any atom is 0.466 e. The molecule has 0 spiro atoms. The van der Waals surface area contributed by atoms with Crippen molar-refractivity contribution in [2.75, 3.05) is 12.3 Å². The van der Waals surface area contributed by atoms with Gasteiger partial charge in [-0.2, -0.15) is 0 Å². The minimum absolute atomic E-state index is 0.0233. The number of carbonyl (C=O) groups is 1. The summed E-state index contributed by atoms with van der Waals surface area (Å²) in [4.78, 5) is 32.5. The number of aliphatic hydroxyl groups excluding tert-OH is 3. The highest BCUT2D eigenvalue weighted by molar-refractivity contribution is 7.45. The normalized spacial score (nSPS) is 26.6. The van der Waals surface area contributed by atoms with E-state index in [1.807, 2.05) is 0 Å². The molecule has 1 unspecified atom stereocenters. The Balaban J connectivity index is 0.000000505. The topological polar surface area (TPSA) is 211 Å². The van der Waals surface area contributed by atoms with Crippen molar-refractivity contribution in [2.24, 2.45) is 0 Å². The number of hydrogen-bond donors (Lipinski definition) is 8. The van der Waals surface area contributed by atoms with Crippen LogP contribution in [0.5, 0.6) is 0 Å². The molecule has 4 atom stereocenters. The molecular weight excluding hydrogens is 349 g/mol. The first-order chi connectivity index (χ1) is 11.0. The van der Waals surface area contributed by atoms with E-state index in [-0.39, 0.29) is 16.8 Å². The van der Waals surface area contributed by atoms with Crippen LogP contribution in [0, 0.1) is 0 Å². The Kier molecular flexibility index (Phi) is 6.84. The zero-order valence-corrected chi connectivity index (χ0v) is 13.0.